The number of nitrogens with zero attached hydrogens (tertiary/aromatic N) is 2. The number of halogens is 1. The Hall–Kier alpha value is 0.210. The van der Waals surface area contributed by atoms with Crippen LogP contribution in [0, 0.1) is 0 Å². The number of rotatable bonds is 11. The Kier molecular flexibility index (Phi) is 11.4. The maximum absolute atomic E-state index is 6.55. The minimum atomic E-state index is 0.174. The van der Waals surface area contributed by atoms with E-state index < -0.39 is 0 Å². The molecular weight excluding hydrogens is 232 g/mol. The summed E-state index contributed by atoms with van der Waals surface area (Å²) in [5.74, 6) is 0. The number of hydrogen-bond acceptors (Lipinski definition) is 2. The van der Waals surface area contributed by atoms with Gasteiger partial charge < -0.3 is 4.90 Å². The van der Waals surface area contributed by atoms with Gasteiger partial charge in [0.05, 0.1) is 5.50 Å². The molecule has 0 radical (unpaired) electrons. The van der Waals surface area contributed by atoms with Gasteiger partial charge in [0.15, 0.2) is 0 Å². The highest BCUT2D eigenvalue weighted by atomic mass is 35.5. The molecule has 0 saturated carbocycles. The molecule has 0 aliphatic heterocycles. The molecule has 3 heteroatoms. The van der Waals surface area contributed by atoms with Gasteiger partial charge in [-0.3, -0.25) is 4.90 Å². The van der Waals surface area contributed by atoms with E-state index in [1.165, 1.54) is 38.8 Å². The molecule has 0 N–H and O–H groups in total. The molecule has 0 aliphatic carbocycles. The second-order valence-corrected chi connectivity index (χ2v) is 5.27. The zero-order valence-electron chi connectivity index (χ0n) is 12.2. The van der Waals surface area contributed by atoms with Crippen molar-refractivity contribution in [1.82, 2.24) is 9.80 Å². The highest BCUT2D eigenvalue weighted by molar-refractivity contribution is 6.20. The molecule has 0 aromatic carbocycles. The van der Waals surface area contributed by atoms with Crippen molar-refractivity contribution in [2.75, 3.05) is 32.7 Å². The van der Waals surface area contributed by atoms with Crippen molar-refractivity contribution in [2.45, 2.75) is 58.9 Å². The van der Waals surface area contributed by atoms with Crippen molar-refractivity contribution in [1.29, 1.82) is 0 Å². The van der Waals surface area contributed by atoms with Gasteiger partial charge in [0.1, 0.15) is 0 Å². The molecule has 2 nitrogen and oxygen atoms in total. The molecule has 0 rings (SSSR count). The lowest BCUT2D eigenvalue weighted by Crippen LogP contribution is -2.42. The Bertz CT molecular complexity index is 152. The Balaban J connectivity index is 4.16. The monoisotopic (exact) mass is 262 g/mol. The molecule has 1 atom stereocenters. The predicted octanol–water partition coefficient (Wildman–Crippen LogP) is 3.80. The quantitative estimate of drug-likeness (QED) is 0.413. The van der Waals surface area contributed by atoms with E-state index >= 15 is 0 Å². The molecule has 0 amide bonds. The lowest BCUT2D eigenvalue weighted by atomic mass is 10.3. The predicted molar refractivity (Wildman–Crippen MR) is 78.8 cm³/mol. The Morgan fingerprint density at radius 1 is 0.765 bits per heavy atom. The lowest BCUT2D eigenvalue weighted by Gasteiger charge is -2.31. The summed E-state index contributed by atoms with van der Waals surface area (Å²) in [6.45, 7) is 14.5. The Morgan fingerprint density at radius 3 is 1.53 bits per heavy atom. The van der Waals surface area contributed by atoms with Crippen molar-refractivity contribution >= 4 is 11.6 Å². The fourth-order valence-corrected chi connectivity index (χ4v) is 2.61. The molecule has 0 spiro atoms. The molecule has 0 aliphatic rings. The third-order valence-electron chi connectivity index (χ3n) is 2.91. The zero-order chi connectivity index (χ0) is 13.1. The molecule has 0 bridgehead atoms. The van der Waals surface area contributed by atoms with Crippen LogP contribution < -0.4 is 0 Å². The summed E-state index contributed by atoms with van der Waals surface area (Å²) in [6.07, 6.45) is 4.80. The molecule has 104 valence electrons. The van der Waals surface area contributed by atoms with E-state index in [1.54, 1.807) is 0 Å². The second kappa shape index (κ2) is 11.3. The van der Waals surface area contributed by atoms with Gasteiger partial charge in [-0.05, 0) is 51.9 Å². The molecule has 0 fully saturated rings. The van der Waals surface area contributed by atoms with Gasteiger partial charge in [0.2, 0.25) is 0 Å². The highest BCUT2D eigenvalue weighted by Gasteiger charge is 2.17. The average molecular weight is 263 g/mol. The van der Waals surface area contributed by atoms with E-state index in [0.717, 1.165) is 19.6 Å². The minimum absolute atomic E-state index is 0.174. The van der Waals surface area contributed by atoms with Crippen LogP contribution in [0.5, 0.6) is 0 Å². The standard InChI is InChI=1S/C14H31ClN2/c1-5-9-16(10-6-2)13-14(15)17(11-7-3)12-8-4/h14H,5-13H2,1-4H3. The van der Waals surface area contributed by atoms with Gasteiger partial charge in [-0.2, -0.15) is 0 Å². The average Bonchev–Trinajstić information content (AvgIpc) is 2.29. The van der Waals surface area contributed by atoms with E-state index in [-0.39, 0.29) is 5.50 Å². The van der Waals surface area contributed by atoms with Gasteiger partial charge in [0, 0.05) is 6.54 Å². The summed E-state index contributed by atoms with van der Waals surface area (Å²) in [7, 11) is 0. The second-order valence-electron chi connectivity index (χ2n) is 4.77. The maximum Gasteiger partial charge on any atom is 0.0979 e. The molecule has 0 saturated heterocycles. The van der Waals surface area contributed by atoms with Crippen LogP contribution in [-0.4, -0.2) is 48.0 Å². The Morgan fingerprint density at radius 2 is 1.18 bits per heavy atom. The van der Waals surface area contributed by atoms with E-state index in [9.17, 15) is 0 Å². The van der Waals surface area contributed by atoms with E-state index in [4.69, 9.17) is 11.6 Å². The molecule has 0 heterocycles. The number of hydrogen-bond donors (Lipinski definition) is 0. The van der Waals surface area contributed by atoms with Crippen LogP contribution in [0.2, 0.25) is 0 Å². The fourth-order valence-electron chi connectivity index (χ4n) is 2.22. The van der Waals surface area contributed by atoms with Crippen LogP contribution in [-0.2, 0) is 0 Å². The topological polar surface area (TPSA) is 6.48 Å². The van der Waals surface area contributed by atoms with Gasteiger partial charge in [0.25, 0.3) is 0 Å². The number of alkyl halides is 1. The van der Waals surface area contributed by atoms with Gasteiger partial charge >= 0.3 is 0 Å². The zero-order valence-corrected chi connectivity index (χ0v) is 13.0. The van der Waals surface area contributed by atoms with E-state index in [1.807, 2.05) is 0 Å². The summed E-state index contributed by atoms with van der Waals surface area (Å²) in [5, 5.41) is 0. The maximum atomic E-state index is 6.55. The van der Waals surface area contributed by atoms with Crippen molar-refractivity contribution in [2.24, 2.45) is 0 Å². The molecule has 0 aromatic rings. The van der Waals surface area contributed by atoms with Gasteiger partial charge in [-0.15, -0.1) is 11.6 Å². The normalized spacial score (nSPS) is 13.6. The molecule has 0 aromatic heterocycles. The van der Waals surface area contributed by atoms with Crippen LogP contribution in [0.1, 0.15) is 53.4 Å². The molecule has 1 unspecified atom stereocenters. The first-order valence-corrected chi connectivity index (χ1v) is 7.73. The molecule has 17 heavy (non-hydrogen) atoms. The smallest absolute Gasteiger partial charge is 0.0979 e. The summed E-state index contributed by atoms with van der Waals surface area (Å²) in [5.41, 5.74) is 0.174. The fraction of sp³-hybridized carbons (Fsp3) is 1.00. The van der Waals surface area contributed by atoms with Crippen LogP contribution >= 0.6 is 11.6 Å². The van der Waals surface area contributed by atoms with Crippen molar-refractivity contribution in [3.05, 3.63) is 0 Å². The van der Waals surface area contributed by atoms with Crippen LogP contribution in [0.3, 0.4) is 0 Å². The van der Waals surface area contributed by atoms with Crippen molar-refractivity contribution in [3.8, 4) is 0 Å². The first-order valence-electron chi connectivity index (χ1n) is 7.29. The first-order chi connectivity index (χ1) is 8.19. The minimum Gasteiger partial charge on any atom is -0.301 e. The highest BCUT2D eigenvalue weighted by Crippen LogP contribution is 2.10. The SMILES string of the molecule is CCCN(CCC)CC(Cl)N(CCC)CCC. The first kappa shape index (κ1) is 17.2. The molecular formula is C14H31ClN2. The summed E-state index contributed by atoms with van der Waals surface area (Å²) < 4.78 is 0. The van der Waals surface area contributed by atoms with Gasteiger partial charge in [-0.1, -0.05) is 27.7 Å². The van der Waals surface area contributed by atoms with E-state index in [0.29, 0.717) is 0 Å². The van der Waals surface area contributed by atoms with Crippen LogP contribution in [0.15, 0.2) is 0 Å². The Labute approximate surface area is 113 Å². The van der Waals surface area contributed by atoms with Crippen molar-refractivity contribution < 1.29 is 0 Å². The van der Waals surface area contributed by atoms with Crippen LogP contribution in [0.4, 0.5) is 0 Å². The summed E-state index contributed by atoms with van der Waals surface area (Å²) in [4.78, 5) is 4.91. The lowest BCUT2D eigenvalue weighted by molar-refractivity contribution is 0.181. The van der Waals surface area contributed by atoms with E-state index in [2.05, 4.69) is 37.5 Å². The van der Waals surface area contributed by atoms with Crippen molar-refractivity contribution in [3.63, 3.8) is 0 Å². The largest absolute Gasteiger partial charge is 0.301 e. The van der Waals surface area contributed by atoms with Gasteiger partial charge in [-0.25, -0.2) is 0 Å². The van der Waals surface area contributed by atoms with Crippen LogP contribution in [0.25, 0.3) is 0 Å². The third-order valence-corrected chi connectivity index (χ3v) is 3.32. The summed E-state index contributed by atoms with van der Waals surface area (Å²) in [6, 6.07) is 0. The third kappa shape index (κ3) is 8.01. The summed E-state index contributed by atoms with van der Waals surface area (Å²) >= 11 is 6.55.